The number of rotatable bonds is 2. The van der Waals surface area contributed by atoms with E-state index in [0.29, 0.717) is 35.8 Å². The van der Waals surface area contributed by atoms with Gasteiger partial charge >= 0.3 is 0 Å². The van der Waals surface area contributed by atoms with E-state index in [1.807, 2.05) is 12.1 Å². The Morgan fingerprint density at radius 1 is 1.06 bits per heavy atom. The third-order valence-electron chi connectivity index (χ3n) is 9.95. The first-order valence-corrected chi connectivity index (χ1v) is 13.6. The molecule has 7 rings (SSSR count). The van der Waals surface area contributed by atoms with Gasteiger partial charge in [0.25, 0.3) is 0 Å². The molecule has 2 aliphatic heterocycles. The predicted octanol–water partition coefficient (Wildman–Crippen LogP) is 5.67. The Bertz CT molecular complexity index is 1150. The van der Waals surface area contributed by atoms with E-state index >= 15 is 0 Å². The number of benzene rings is 2. The maximum Gasteiger partial charge on any atom is 0.115 e. The van der Waals surface area contributed by atoms with Crippen molar-refractivity contribution in [3.8, 4) is 17.6 Å². The summed E-state index contributed by atoms with van der Waals surface area (Å²) in [6, 6.07) is 17.0. The highest BCUT2D eigenvalue weighted by Crippen LogP contribution is 2.58. The number of hydrogen-bond acceptors (Lipinski definition) is 3. The number of nitrogens with two attached hydrogens (primary N) is 1. The van der Waals surface area contributed by atoms with Crippen molar-refractivity contribution >= 4 is 0 Å². The Kier molecular flexibility index (Phi) is 5.74. The SMILES string of the molecule is CC1(C)O[C@@]23CC[C@H]1[C@H](N)[C@H]2C#CCc1cc(O)ccc1C[C@@H]1C[C@H]3CC[C@@H]1Cc1ccccc1. The van der Waals surface area contributed by atoms with Crippen LogP contribution < -0.4 is 5.73 Å². The Balaban J connectivity index is 1.41. The van der Waals surface area contributed by atoms with Crippen LogP contribution in [0.3, 0.4) is 0 Å². The van der Waals surface area contributed by atoms with Crippen LogP contribution in [-0.4, -0.2) is 22.4 Å². The Hall–Kier alpha value is -2.28. The number of aromatic hydroxyl groups is 1. The molecule has 2 aromatic carbocycles. The molecule has 5 aliphatic rings. The summed E-state index contributed by atoms with van der Waals surface area (Å²) in [5, 5.41) is 10.2. The van der Waals surface area contributed by atoms with Crippen LogP contribution in [0.5, 0.6) is 5.75 Å². The molecule has 3 nitrogen and oxygen atoms in total. The largest absolute Gasteiger partial charge is 0.508 e. The van der Waals surface area contributed by atoms with Crippen molar-refractivity contribution in [2.45, 2.75) is 82.5 Å². The van der Waals surface area contributed by atoms with Crippen LogP contribution in [0.2, 0.25) is 0 Å². The van der Waals surface area contributed by atoms with Crippen LogP contribution >= 0.6 is 0 Å². The van der Waals surface area contributed by atoms with Crippen molar-refractivity contribution in [1.29, 1.82) is 0 Å². The van der Waals surface area contributed by atoms with Gasteiger partial charge in [-0.2, -0.15) is 0 Å². The smallest absolute Gasteiger partial charge is 0.115 e. The molecule has 4 fully saturated rings. The molecule has 3 heteroatoms. The molecule has 7 atom stereocenters. The molecule has 2 heterocycles. The topological polar surface area (TPSA) is 55.5 Å². The fourth-order valence-corrected chi connectivity index (χ4v) is 8.26. The summed E-state index contributed by atoms with van der Waals surface area (Å²) in [5.41, 5.74) is 10.5. The lowest BCUT2D eigenvalue weighted by Crippen LogP contribution is -2.71. The molecule has 0 aromatic heterocycles. The Morgan fingerprint density at radius 3 is 2.69 bits per heavy atom. The van der Waals surface area contributed by atoms with Crippen LogP contribution in [-0.2, 0) is 24.0 Å². The van der Waals surface area contributed by atoms with Gasteiger partial charge in [-0.25, -0.2) is 0 Å². The highest BCUT2D eigenvalue weighted by molar-refractivity contribution is 5.38. The molecular formula is C32H39NO2. The highest BCUT2D eigenvalue weighted by atomic mass is 16.5. The quantitative estimate of drug-likeness (QED) is 0.557. The lowest BCUT2D eigenvalue weighted by Gasteiger charge is -2.64. The molecule has 2 saturated carbocycles. The van der Waals surface area contributed by atoms with Crippen molar-refractivity contribution in [2.24, 2.45) is 35.3 Å². The average molecular weight is 470 g/mol. The molecule has 2 saturated heterocycles. The first-order chi connectivity index (χ1) is 16.9. The Labute approximate surface area is 210 Å². The minimum Gasteiger partial charge on any atom is -0.508 e. The van der Waals surface area contributed by atoms with Crippen LogP contribution in [0, 0.1) is 41.4 Å². The third kappa shape index (κ3) is 4.00. The molecule has 35 heavy (non-hydrogen) atoms. The fourth-order valence-electron chi connectivity index (χ4n) is 8.26. The fraction of sp³-hybridized carbons (Fsp3) is 0.562. The summed E-state index contributed by atoms with van der Waals surface area (Å²) in [6.07, 6.45) is 8.67. The maximum absolute atomic E-state index is 10.2. The number of phenols is 1. The third-order valence-corrected chi connectivity index (χ3v) is 9.95. The van der Waals surface area contributed by atoms with Gasteiger partial charge in [0.2, 0.25) is 0 Å². The Morgan fingerprint density at radius 2 is 1.89 bits per heavy atom. The zero-order chi connectivity index (χ0) is 24.2. The number of ether oxygens (including phenoxy) is 1. The lowest BCUT2D eigenvalue weighted by atomic mass is 9.53. The van der Waals surface area contributed by atoms with E-state index in [4.69, 9.17) is 10.5 Å². The molecule has 2 aromatic rings. The van der Waals surface area contributed by atoms with Gasteiger partial charge in [-0.05, 0) is 105 Å². The van der Waals surface area contributed by atoms with Crippen molar-refractivity contribution in [3.05, 3.63) is 65.2 Å². The highest BCUT2D eigenvalue weighted by Gasteiger charge is 2.63. The zero-order valence-electron chi connectivity index (χ0n) is 21.2. The second-order valence-electron chi connectivity index (χ2n) is 12.2. The van der Waals surface area contributed by atoms with E-state index < -0.39 is 0 Å². The summed E-state index contributed by atoms with van der Waals surface area (Å²) >= 11 is 0. The van der Waals surface area contributed by atoms with Crippen LogP contribution in [0.4, 0.5) is 0 Å². The summed E-state index contributed by atoms with van der Waals surface area (Å²) < 4.78 is 7.12. The van der Waals surface area contributed by atoms with E-state index in [1.165, 1.54) is 36.0 Å². The number of phenolic OH excluding ortho intramolecular Hbond substituents is 1. The molecule has 184 valence electrons. The number of hydrogen-bond donors (Lipinski definition) is 2. The van der Waals surface area contributed by atoms with Crippen LogP contribution in [0.15, 0.2) is 48.5 Å². The first kappa shape index (κ1) is 23.1. The van der Waals surface area contributed by atoms with Gasteiger partial charge in [0.05, 0.1) is 17.1 Å². The standard InChI is InChI=1S/C32H39NO2/c1-31(2)28-15-16-32(35-31)26-13-11-23(17-21-7-4-3-5-8-21)25(19-26)18-24-12-14-27(34)20-22(24)9-6-10-29(32)30(28)33/h3-5,7-8,12,14,20,23,25-26,28-30,34H,9,11,13,15-19,33H2,1-2H3/t23-,25-,26-,28+,29-,30+,32-/m1/s1. The van der Waals surface area contributed by atoms with E-state index in [2.05, 4.69) is 62.1 Å². The monoisotopic (exact) mass is 469 g/mol. The summed E-state index contributed by atoms with van der Waals surface area (Å²) in [7, 11) is 0. The van der Waals surface area contributed by atoms with E-state index in [1.54, 1.807) is 0 Å². The first-order valence-electron chi connectivity index (χ1n) is 13.6. The minimum absolute atomic E-state index is 0.0601. The van der Waals surface area contributed by atoms with Crippen molar-refractivity contribution in [2.75, 3.05) is 0 Å². The normalized spacial score (nSPS) is 37.2. The van der Waals surface area contributed by atoms with Gasteiger partial charge in [-0.1, -0.05) is 48.2 Å². The van der Waals surface area contributed by atoms with Crippen molar-refractivity contribution < 1.29 is 9.84 Å². The minimum atomic E-state index is -0.237. The lowest BCUT2D eigenvalue weighted by molar-refractivity contribution is -0.286. The summed E-state index contributed by atoms with van der Waals surface area (Å²) in [6.45, 7) is 4.51. The van der Waals surface area contributed by atoms with E-state index in [0.717, 1.165) is 25.7 Å². The zero-order valence-corrected chi connectivity index (χ0v) is 21.2. The number of fused-ring (bicyclic) bond motifs is 5. The van der Waals surface area contributed by atoms with Crippen molar-refractivity contribution in [3.63, 3.8) is 0 Å². The molecule has 0 amide bonds. The van der Waals surface area contributed by atoms with E-state index in [-0.39, 0.29) is 23.2 Å². The van der Waals surface area contributed by atoms with Gasteiger partial charge in [-0.3, -0.25) is 0 Å². The van der Waals surface area contributed by atoms with Crippen LogP contribution in [0.1, 0.15) is 62.6 Å². The van der Waals surface area contributed by atoms with Crippen LogP contribution in [0.25, 0.3) is 0 Å². The van der Waals surface area contributed by atoms with Gasteiger partial charge in [0.15, 0.2) is 0 Å². The van der Waals surface area contributed by atoms with Crippen molar-refractivity contribution in [1.82, 2.24) is 0 Å². The molecule has 3 N–H and O–H groups in total. The second-order valence-corrected chi connectivity index (χ2v) is 12.2. The summed E-state index contributed by atoms with van der Waals surface area (Å²) in [5.74, 6) is 9.66. The van der Waals surface area contributed by atoms with Gasteiger partial charge in [0.1, 0.15) is 5.75 Å². The average Bonchev–Trinajstić information content (AvgIpc) is 2.84. The molecule has 1 spiro atoms. The molecule has 0 unspecified atom stereocenters. The molecular weight excluding hydrogens is 430 g/mol. The van der Waals surface area contributed by atoms with Gasteiger partial charge < -0.3 is 15.6 Å². The molecule has 4 bridgehead atoms. The van der Waals surface area contributed by atoms with Gasteiger partial charge in [-0.15, -0.1) is 0 Å². The van der Waals surface area contributed by atoms with Gasteiger partial charge in [0, 0.05) is 18.4 Å². The predicted molar refractivity (Wildman–Crippen MR) is 140 cm³/mol. The van der Waals surface area contributed by atoms with E-state index in [9.17, 15) is 5.11 Å². The second kappa shape index (κ2) is 8.68. The maximum atomic E-state index is 10.2. The molecule has 0 radical (unpaired) electrons. The molecule has 3 aliphatic carbocycles. The summed E-state index contributed by atoms with van der Waals surface area (Å²) in [4.78, 5) is 0.